The van der Waals surface area contributed by atoms with Gasteiger partial charge in [-0.05, 0) is 18.2 Å². The maximum absolute atomic E-state index is 11.9. The molecular formula is C17H18Cl2N2O4. The number of carbonyl (C=O) groups is 1. The van der Waals surface area contributed by atoms with Crippen molar-refractivity contribution in [3.8, 4) is 17.2 Å². The zero-order valence-corrected chi connectivity index (χ0v) is 15.3. The maximum atomic E-state index is 11.9. The zero-order valence-electron chi connectivity index (χ0n) is 13.8. The number of rotatable bonds is 7. The highest BCUT2D eigenvalue weighted by Crippen LogP contribution is 2.27. The predicted molar refractivity (Wildman–Crippen MR) is 98.5 cm³/mol. The maximum Gasteiger partial charge on any atom is 0.319 e. The molecule has 2 aromatic rings. The molecule has 0 heterocycles. The second-order valence-corrected chi connectivity index (χ2v) is 5.75. The smallest absolute Gasteiger partial charge is 0.319 e. The number of ether oxygens (including phenoxy) is 3. The van der Waals surface area contributed by atoms with Gasteiger partial charge in [-0.2, -0.15) is 0 Å². The minimum Gasteiger partial charge on any atom is -0.496 e. The van der Waals surface area contributed by atoms with Crippen molar-refractivity contribution in [1.29, 1.82) is 0 Å². The van der Waals surface area contributed by atoms with Crippen LogP contribution in [-0.2, 0) is 0 Å². The molecule has 2 rings (SSSR count). The molecule has 0 bridgehead atoms. The first-order valence-electron chi connectivity index (χ1n) is 7.37. The summed E-state index contributed by atoms with van der Waals surface area (Å²) in [5.41, 5.74) is 0.435. The van der Waals surface area contributed by atoms with Crippen LogP contribution in [-0.4, -0.2) is 33.4 Å². The van der Waals surface area contributed by atoms with Crippen LogP contribution in [0, 0.1) is 0 Å². The molecule has 2 aromatic carbocycles. The van der Waals surface area contributed by atoms with Gasteiger partial charge in [-0.3, -0.25) is 0 Å². The van der Waals surface area contributed by atoms with Gasteiger partial charge in [0.2, 0.25) is 0 Å². The lowest BCUT2D eigenvalue weighted by Crippen LogP contribution is -2.32. The number of benzene rings is 2. The Bertz CT molecular complexity index is 718. The first kappa shape index (κ1) is 19.0. The van der Waals surface area contributed by atoms with E-state index in [-0.39, 0.29) is 6.61 Å². The molecule has 134 valence electrons. The van der Waals surface area contributed by atoms with E-state index in [9.17, 15) is 4.79 Å². The van der Waals surface area contributed by atoms with Crippen molar-refractivity contribution in [1.82, 2.24) is 5.32 Å². The van der Waals surface area contributed by atoms with E-state index in [1.54, 1.807) is 50.6 Å². The quantitative estimate of drug-likeness (QED) is 0.701. The van der Waals surface area contributed by atoms with Crippen LogP contribution in [0.2, 0.25) is 10.0 Å². The van der Waals surface area contributed by atoms with Gasteiger partial charge >= 0.3 is 6.03 Å². The molecule has 2 N–H and O–H groups in total. The van der Waals surface area contributed by atoms with Gasteiger partial charge in [0, 0.05) is 23.2 Å². The lowest BCUT2D eigenvalue weighted by Gasteiger charge is -2.12. The van der Waals surface area contributed by atoms with Gasteiger partial charge in [0.05, 0.1) is 31.5 Å². The Labute approximate surface area is 156 Å². The largest absolute Gasteiger partial charge is 0.496 e. The van der Waals surface area contributed by atoms with E-state index in [1.165, 1.54) is 0 Å². The molecule has 0 spiro atoms. The van der Waals surface area contributed by atoms with Crippen molar-refractivity contribution in [3.05, 3.63) is 46.4 Å². The first-order chi connectivity index (χ1) is 12.0. The van der Waals surface area contributed by atoms with Crippen molar-refractivity contribution in [2.75, 3.05) is 32.7 Å². The number of carbonyl (C=O) groups excluding carboxylic acids is 1. The molecule has 0 unspecified atom stereocenters. The molecule has 0 aromatic heterocycles. The fourth-order valence-electron chi connectivity index (χ4n) is 1.96. The van der Waals surface area contributed by atoms with Crippen molar-refractivity contribution in [3.63, 3.8) is 0 Å². The molecule has 8 heteroatoms. The van der Waals surface area contributed by atoms with Gasteiger partial charge in [0.15, 0.2) is 0 Å². The van der Waals surface area contributed by atoms with Crippen molar-refractivity contribution in [2.45, 2.75) is 0 Å². The summed E-state index contributed by atoms with van der Waals surface area (Å²) in [6.07, 6.45) is 0. The van der Waals surface area contributed by atoms with Crippen molar-refractivity contribution in [2.24, 2.45) is 0 Å². The fraction of sp³-hybridized carbons (Fsp3) is 0.235. The van der Waals surface area contributed by atoms with Gasteiger partial charge in [0.1, 0.15) is 23.9 Å². The highest BCUT2D eigenvalue weighted by Gasteiger charge is 2.07. The Balaban J connectivity index is 1.81. The number of urea groups is 1. The van der Waals surface area contributed by atoms with Crippen LogP contribution in [0.25, 0.3) is 0 Å². The minimum absolute atomic E-state index is 0.271. The average Bonchev–Trinajstić information content (AvgIpc) is 2.61. The Morgan fingerprint density at radius 3 is 2.28 bits per heavy atom. The molecule has 0 aliphatic rings. The summed E-state index contributed by atoms with van der Waals surface area (Å²) in [6, 6.07) is 9.62. The number of anilines is 1. The highest BCUT2D eigenvalue weighted by atomic mass is 35.5. The number of hydrogen-bond acceptors (Lipinski definition) is 4. The van der Waals surface area contributed by atoms with Crippen LogP contribution in [0.3, 0.4) is 0 Å². The van der Waals surface area contributed by atoms with Gasteiger partial charge in [0.25, 0.3) is 0 Å². The van der Waals surface area contributed by atoms with Crippen LogP contribution in [0.1, 0.15) is 0 Å². The van der Waals surface area contributed by atoms with E-state index in [4.69, 9.17) is 37.4 Å². The van der Waals surface area contributed by atoms with E-state index in [2.05, 4.69) is 10.6 Å². The number of methoxy groups -OCH3 is 2. The third-order valence-electron chi connectivity index (χ3n) is 3.16. The predicted octanol–water partition coefficient (Wildman–Crippen LogP) is 4.21. The second kappa shape index (κ2) is 9.25. The van der Waals surface area contributed by atoms with Crippen LogP contribution in [0.4, 0.5) is 10.5 Å². The molecule has 25 heavy (non-hydrogen) atoms. The van der Waals surface area contributed by atoms with Gasteiger partial charge in [-0.1, -0.05) is 23.2 Å². The summed E-state index contributed by atoms with van der Waals surface area (Å²) in [7, 11) is 3.12. The lowest BCUT2D eigenvalue weighted by atomic mass is 10.3. The van der Waals surface area contributed by atoms with Gasteiger partial charge < -0.3 is 24.8 Å². The van der Waals surface area contributed by atoms with E-state index in [1.807, 2.05) is 0 Å². The van der Waals surface area contributed by atoms with Crippen molar-refractivity contribution >= 4 is 34.9 Å². The Hall–Kier alpha value is -2.31. The summed E-state index contributed by atoms with van der Waals surface area (Å²) in [5, 5.41) is 6.17. The summed E-state index contributed by atoms with van der Waals surface area (Å²) in [4.78, 5) is 11.9. The molecule has 0 aliphatic heterocycles. The normalized spacial score (nSPS) is 10.1. The van der Waals surface area contributed by atoms with Crippen molar-refractivity contribution < 1.29 is 19.0 Å². The number of halogens is 2. The Morgan fingerprint density at radius 2 is 1.64 bits per heavy atom. The monoisotopic (exact) mass is 384 g/mol. The summed E-state index contributed by atoms with van der Waals surface area (Å²) < 4.78 is 15.9. The van der Waals surface area contributed by atoms with Crippen LogP contribution >= 0.6 is 23.2 Å². The van der Waals surface area contributed by atoms with E-state index < -0.39 is 6.03 Å². The second-order valence-electron chi connectivity index (χ2n) is 4.90. The molecule has 0 radical (unpaired) electrons. The zero-order chi connectivity index (χ0) is 18.2. The topological polar surface area (TPSA) is 68.8 Å². The molecule has 2 amide bonds. The highest BCUT2D eigenvalue weighted by molar-refractivity contribution is 6.35. The molecular weight excluding hydrogens is 367 g/mol. The molecule has 0 saturated carbocycles. The van der Waals surface area contributed by atoms with E-state index in [0.29, 0.717) is 39.5 Å². The number of nitrogens with one attached hydrogen (secondary N) is 2. The minimum atomic E-state index is -0.406. The Kier molecular flexibility index (Phi) is 7.03. The molecule has 0 fully saturated rings. The van der Waals surface area contributed by atoms with E-state index in [0.717, 1.165) is 0 Å². The van der Waals surface area contributed by atoms with Crippen LogP contribution < -0.4 is 24.8 Å². The lowest BCUT2D eigenvalue weighted by molar-refractivity contribution is 0.247. The average molecular weight is 385 g/mol. The molecule has 6 nitrogen and oxygen atoms in total. The Morgan fingerprint density at radius 1 is 1.00 bits per heavy atom. The fourth-order valence-corrected chi connectivity index (χ4v) is 2.29. The summed E-state index contributed by atoms with van der Waals surface area (Å²) >= 11 is 11.9. The standard InChI is InChI=1S/C17H18Cl2N2O4/c1-23-12-8-13(24-2)10-14(9-12)25-6-5-20-17(22)21-16-7-11(18)3-4-15(16)19/h3-4,7-10H,5-6H2,1-2H3,(H2,20,21,22). The number of hydrogen-bond donors (Lipinski definition) is 2. The first-order valence-corrected chi connectivity index (χ1v) is 8.13. The SMILES string of the molecule is COc1cc(OC)cc(OCCNC(=O)Nc2cc(Cl)ccc2Cl)c1. The molecule has 0 saturated heterocycles. The summed E-state index contributed by atoms with van der Waals surface area (Å²) in [6.45, 7) is 0.566. The van der Waals surface area contributed by atoms with Crippen LogP contribution in [0.5, 0.6) is 17.2 Å². The van der Waals surface area contributed by atoms with E-state index >= 15 is 0 Å². The third kappa shape index (κ3) is 5.92. The third-order valence-corrected chi connectivity index (χ3v) is 3.72. The van der Waals surface area contributed by atoms with Gasteiger partial charge in [-0.25, -0.2) is 4.79 Å². The summed E-state index contributed by atoms with van der Waals surface area (Å²) in [5.74, 6) is 1.82. The molecule has 0 atom stereocenters. The van der Waals surface area contributed by atoms with Crippen LogP contribution in [0.15, 0.2) is 36.4 Å². The number of amides is 2. The van der Waals surface area contributed by atoms with Gasteiger partial charge in [-0.15, -0.1) is 0 Å². The molecule has 0 aliphatic carbocycles.